The predicted octanol–water partition coefficient (Wildman–Crippen LogP) is 3.25. The molecule has 0 aliphatic carbocycles. The Hall–Kier alpha value is -2.25. The number of benzene rings is 1. The summed E-state index contributed by atoms with van der Waals surface area (Å²) in [6.45, 7) is 0.767. The molecule has 0 atom stereocenters. The zero-order valence-electron chi connectivity index (χ0n) is 13.4. The molecule has 5 nitrogen and oxygen atoms in total. The first kappa shape index (κ1) is 16.6. The number of rotatable bonds is 5. The van der Waals surface area contributed by atoms with Crippen LogP contribution in [0.25, 0.3) is 11.3 Å². The van der Waals surface area contributed by atoms with E-state index in [2.05, 4.69) is 21.4 Å². The van der Waals surface area contributed by atoms with Crippen molar-refractivity contribution in [1.82, 2.24) is 9.97 Å². The lowest BCUT2D eigenvalue weighted by Gasteiger charge is -2.17. The molecule has 0 saturated carbocycles. The van der Waals surface area contributed by atoms with Gasteiger partial charge in [-0.25, -0.2) is 13.4 Å². The van der Waals surface area contributed by atoms with E-state index in [4.69, 9.17) is 0 Å². The molecule has 0 fully saturated rings. The molecule has 0 spiro atoms. The van der Waals surface area contributed by atoms with E-state index in [1.807, 2.05) is 18.0 Å². The zero-order valence-corrected chi connectivity index (χ0v) is 15.0. The molecule has 2 aromatic heterocycles. The first-order valence-corrected chi connectivity index (χ1v) is 10.1. The number of nitrogens with zero attached hydrogens (tertiary/aromatic N) is 3. The Kier molecular flexibility index (Phi) is 4.64. The molecular formula is C17H17N3O2S2. The average molecular weight is 359 g/mol. The highest BCUT2D eigenvalue weighted by atomic mass is 32.2. The molecule has 0 aliphatic heterocycles. The van der Waals surface area contributed by atoms with E-state index >= 15 is 0 Å². The van der Waals surface area contributed by atoms with Crippen molar-refractivity contribution in [2.24, 2.45) is 0 Å². The van der Waals surface area contributed by atoms with Gasteiger partial charge in [0.05, 0.1) is 29.5 Å². The summed E-state index contributed by atoms with van der Waals surface area (Å²) in [7, 11) is -1.22. The van der Waals surface area contributed by atoms with Crippen molar-refractivity contribution in [2.45, 2.75) is 11.4 Å². The summed E-state index contributed by atoms with van der Waals surface area (Å²) in [6, 6.07) is 10.8. The third-order valence-electron chi connectivity index (χ3n) is 3.56. The van der Waals surface area contributed by atoms with E-state index in [9.17, 15) is 8.42 Å². The van der Waals surface area contributed by atoms with Gasteiger partial charge in [0.25, 0.3) is 0 Å². The average Bonchev–Trinajstić information content (AvgIpc) is 3.07. The first-order chi connectivity index (χ1) is 11.4. The van der Waals surface area contributed by atoms with Crippen LogP contribution in [0.5, 0.6) is 0 Å². The molecule has 3 aromatic rings. The van der Waals surface area contributed by atoms with Crippen LogP contribution in [-0.4, -0.2) is 31.7 Å². The summed E-state index contributed by atoms with van der Waals surface area (Å²) in [6.07, 6.45) is 4.60. The molecule has 2 heterocycles. The highest BCUT2D eigenvalue weighted by molar-refractivity contribution is 7.90. The maximum Gasteiger partial charge on any atom is 0.175 e. The largest absolute Gasteiger partial charge is 0.353 e. The highest BCUT2D eigenvalue weighted by Crippen LogP contribution is 2.22. The van der Waals surface area contributed by atoms with E-state index < -0.39 is 9.84 Å². The number of thiophene rings is 1. The van der Waals surface area contributed by atoms with Gasteiger partial charge in [-0.15, -0.1) is 11.3 Å². The van der Waals surface area contributed by atoms with Crippen LogP contribution in [-0.2, 0) is 16.4 Å². The van der Waals surface area contributed by atoms with Crippen LogP contribution in [0.4, 0.5) is 5.82 Å². The van der Waals surface area contributed by atoms with Gasteiger partial charge in [0.15, 0.2) is 9.84 Å². The Balaban J connectivity index is 1.85. The summed E-state index contributed by atoms with van der Waals surface area (Å²) in [5.41, 5.74) is 1.55. The van der Waals surface area contributed by atoms with Crippen molar-refractivity contribution < 1.29 is 8.42 Å². The quantitative estimate of drug-likeness (QED) is 0.700. The van der Waals surface area contributed by atoms with Crippen molar-refractivity contribution in [1.29, 1.82) is 0 Å². The molecule has 7 heteroatoms. The smallest absolute Gasteiger partial charge is 0.175 e. The summed E-state index contributed by atoms with van der Waals surface area (Å²) in [5, 5.41) is 2.05. The molecular weight excluding hydrogens is 342 g/mol. The maximum absolute atomic E-state index is 11.5. The third kappa shape index (κ3) is 3.80. The number of sulfone groups is 1. The summed E-state index contributed by atoms with van der Waals surface area (Å²) in [5.74, 6) is 0.771. The molecule has 3 rings (SSSR count). The first-order valence-electron chi connectivity index (χ1n) is 7.29. The molecule has 124 valence electrons. The lowest BCUT2D eigenvalue weighted by Crippen LogP contribution is -2.17. The van der Waals surface area contributed by atoms with Crippen LogP contribution in [0.1, 0.15) is 4.88 Å². The van der Waals surface area contributed by atoms with Crippen molar-refractivity contribution in [3.8, 4) is 11.3 Å². The second-order valence-electron chi connectivity index (χ2n) is 5.49. The van der Waals surface area contributed by atoms with E-state index in [1.54, 1.807) is 48.0 Å². The van der Waals surface area contributed by atoms with Gasteiger partial charge in [0, 0.05) is 23.7 Å². The van der Waals surface area contributed by atoms with Gasteiger partial charge >= 0.3 is 0 Å². The van der Waals surface area contributed by atoms with Gasteiger partial charge in [-0.3, -0.25) is 4.98 Å². The Labute approximate surface area is 145 Å². The Morgan fingerprint density at radius 2 is 1.88 bits per heavy atom. The molecule has 0 N–H and O–H groups in total. The van der Waals surface area contributed by atoms with Gasteiger partial charge in [-0.2, -0.15) is 0 Å². The molecule has 0 unspecified atom stereocenters. The molecule has 0 aliphatic rings. The molecule has 24 heavy (non-hydrogen) atoms. The monoisotopic (exact) mass is 359 g/mol. The highest BCUT2D eigenvalue weighted by Gasteiger charge is 2.10. The molecule has 0 saturated heterocycles. The normalized spacial score (nSPS) is 11.4. The van der Waals surface area contributed by atoms with Gasteiger partial charge in [0.2, 0.25) is 0 Å². The second kappa shape index (κ2) is 6.70. The molecule has 0 radical (unpaired) electrons. The minimum Gasteiger partial charge on any atom is -0.353 e. The lowest BCUT2D eigenvalue weighted by molar-refractivity contribution is 0.602. The fraction of sp³-hybridized carbons (Fsp3) is 0.176. The van der Waals surface area contributed by atoms with E-state index in [0.717, 1.165) is 17.9 Å². The summed E-state index contributed by atoms with van der Waals surface area (Å²) in [4.78, 5) is 12.5. The fourth-order valence-corrected chi connectivity index (χ4v) is 3.66. The van der Waals surface area contributed by atoms with Crippen molar-refractivity contribution in [3.05, 3.63) is 59.0 Å². The van der Waals surface area contributed by atoms with E-state index in [-0.39, 0.29) is 0 Å². The SMILES string of the molecule is CN(Cc1cccs1)c1cncc(-c2ccc(S(C)(=O)=O)cc2)n1. The molecule has 0 amide bonds. The van der Waals surface area contributed by atoms with Crippen LogP contribution in [0, 0.1) is 0 Å². The zero-order chi connectivity index (χ0) is 17.2. The maximum atomic E-state index is 11.5. The van der Waals surface area contributed by atoms with Crippen molar-refractivity contribution >= 4 is 27.0 Å². The van der Waals surface area contributed by atoms with Crippen LogP contribution < -0.4 is 4.90 Å². The standard InChI is InChI=1S/C17H17N3O2S2/c1-20(12-14-4-3-9-23-14)17-11-18-10-16(19-17)13-5-7-15(8-6-13)24(2,21)22/h3-11H,12H2,1-2H3. The van der Waals surface area contributed by atoms with Gasteiger partial charge < -0.3 is 4.90 Å². The topological polar surface area (TPSA) is 63.2 Å². The Bertz CT molecular complexity index is 921. The second-order valence-corrected chi connectivity index (χ2v) is 8.54. The van der Waals surface area contributed by atoms with Gasteiger partial charge in [0.1, 0.15) is 5.82 Å². The molecule has 0 bridgehead atoms. The van der Waals surface area contributed by atoms with Crippen LogP contribution >= 0.6 is 11.3 Å². The lowest BCUT2D eigenvalue weighted by atomic mass is 10.2. The van der Waals surface area contributed by atoms with E-state index in [1.165, 1.54) is 11.1 Å². The molecule has 1 aromatic carbocycles. The number of aromatic nitrogens is 2. The van der Waals surface area contributed by atoms with Crippen molar-refractivity contribution in [3.63, 3.8) is 0 Å². The van der Waals surface area contributed by atoms with Gasteiger partial charge in [-0.05, 0) is 23.6 Å². The summed E-state index contributed by atoms with van der Waals surface area (Å²) < 4.78 is 23.1. The Morgan fingerprint density at radius 3 is 2.50 bits per heavy atom. The van der Waals surface area contributed by atoms with E-state index in [0.29, 0.717) is 10.6 Å². The predicted molar refractivity (Wildman–Crippen MR) is 97.0 cm³/mol. The fourth-order valence-electron chi connectivity index (χ4n) is 2.27. The van der Waals surface area contributed by atoms with Crippen LogP contribution in [0.15, 0.2) is 59.1 Å². The number of anilines is 1. The summed E-state index contributed by atoms with van der Waals surface area (Å²) >= 11 is 1.70. The third-order valence-corrected chi connectivity index (χ3v) is 5.55. The Morgan fingerprint density at radius 1 is 1.12 bits per heavy atom. The number of hydrogen-bond acceptors (Lipinski definition) is 6. The minimum absolute atomic E-state index is 0.296. The van der Waals surface area contributed by atoms with Crippen LogP contribution in [0.3, 0.4) is 0 Å². The van der Waals surface area contributed by atoms with Crippen LogP contribution in [0.2, 0.25) is 0 Å². The number of hydrogen-bond donors (Lipinski definition) is 0. The van der Waals surface area contributed by atoms with Crippen molar-refractivity contribution in [2.75, 3.05) is 18.2 Å². The van der Waals surface area contributed by atoms with Gasteiger partial charge in [-0.1, -0.05) is 18.2 Å². The minimum atomic E-state index is -3.20.